The Kier molecular flexibility index (Phi) is 6.62. The Morgan fingerprint density at radius 3 is 2.50 bits per heavy atom. The van der Waals surface area contributed by atoms with Crippen LogP contribution in [0.3, 0.4) is 0 Å². The van der Waals surface area contributed by atoms with Gasteiger partial charge in [-0.3, -0.25) is 9.59 Å². The topological polar surface area (TPSA) is 77.5 Å². The van der Waals surface area contributed by atoms with Gasteiger partial charge in [0.2, 0.25) is 0 Å². The smallest absolute Gasteiger partial charge is 0.316 e. The monoisotopic (exact) mass is 346 g/mol. The molecule has 0 saturated carbocycles. The number of methoxy groups -OCH3 is 1. The highest BCUT2D eigenvalue weighted by molar-refractivity contribution is 7.99. The average molecular weight is 346 g/mol. The van der Waals surface area contributed by atoms with Crippen molar-refractivity contribution in [2.45, 2.75) is 11.9 Å². The molecule has 1 N–H and O–H groups in total. The first-order valence-electron chi connectivity index (χ1n) is 7.32. The fourth-order valence-corrected chi connectivity index (χ4v) is 2.45. The molecule has 126 valence electrons. The number of aromatic nitrogens is 1. The summed E-state index contributed by atoms with van der Waals surface area (Å²) in [5.41, 5.74) is 1.10. The third kappa shape index (κ3) is 5.27. The average Bonchev–Trinajstić information content (AvgIpc) is 2.61. The number of hydrogen-bond acceptors (Lipinski definition) is 6. The van der Waals surface area contributed by atoms with Crippen LogP contribution in [-0.4, -0.2) is 36.3 Å². The summed E-state index contributed by atoms with van der Waals surface area (Å²) in [6.45, 7) is 2.12. The number of nitrogens with zero attached hydrogens (tertiary/aromatic N) is 1. The van der Waals surface area contributed by atoms with E-state index in [1.165, 1.54) is 18.0 Å². The predicted octanol–water partition coefficient (Wildman–Crippen LogP) is 3.00. The SMILES string of the molecule is CCOC(=O)CSc1ccc(C(=O)Nc2ccc(OC)cc2)cn1. The molecular weight excluding hydrogens is 328 g/mol. The van der Waals surface area contributed by atoms with Gasteiger partial charge < -0.3 is 14.8 Å². The molecule has 2 rings (SSSR count). The number of rotatable bonds is 7. The molecule has 0 saturated heterocycles. The molecule has 0 unspecified atom stereocenters. The van der Waals surface area contributed by atoms with Crippen LogP contribution in [0.15, 0.2) is 47.6 Å². The van der Waals surface area contributed by atoms with Crippen LogP contribution in [0, 0.1) is 0 Å². The highest BCUT2D eigenvalue weighted by Crippen LogP contribution is 2.18. The van der Waals surface area contributed by atoms with E-state index in [2.05, 4.69) is 10.3 Å². The fraction of sp³-hybridized carbons (Fsp3) is 0.235. The highest BCUT2D eigenvalue weighted by Gasteiger charge is 2.08. The highest BCUT2D eigenvalue weighted by atomic mass is 32.2. The first kappa shape index (κ1) is 17.8. The second-order valence-electron chi connectivity index (χ2n) is 4.66. The van der Waals surface area contributed by atoms with Gasteiger partial charge in [-0.2, -0.15) is 0 Å². The molecule has 0 spiro atoms. The normalized spacial score (nSPS) is 10.1. The van der Waals surface area contributed by atoms with E-state index in [0.29, 0.717) is 22.9 Å². The first-order chi connectivity index (χ1) is 11.6. The van der Waals surface area contributed by atoms with E-state index in [0.717, 1.165) is 5.75 Å². The third-order valence-corrected chi connectivity index (χ3v) is 3.91. The van der Waals surface area contributed by atoms with Gasteiger partial charge in [0.15, 0.2) is 0 Å². The van der Waals surface area contributed by atoms with Gasteiger partial charge in [0.05, 0.1) is 30.1 Å². The number of amides is 1. The fourth-order valence-electron chi connectivity index (χ4n) is 1.81. The molecule has 1 heterocycles. The van der Waals surface area contributed by atoms with Crippen LogP contribution in [0.4, 0.5) is 5.69 Å². The summed E-state index contributed by atoms with van der Waals surface area (Å²) < 4.78 is 9.92. The Bertz CT molecular complexity index is 687. The van der Waals surface area contributed by atoms with Crippen molar-refractivity contribution in [1.29, 1.82) is 0 Å². The summed E-state index contributed by atoms with van der Waals surface area (Å²) in [5, 5.41) is 3.44. The van der Waals surface area contributed by atoms with E-state index in [4.69, 9.17) is 9.47 Å². The van der Waals surface area contributed by atoms with Crippen LogP contribution in [0.5, 0.6) is 5.75 Å². The van der Waals surface area contributed by atoms with Crippen LogP contribution in [-0.2, 0) is 9.53 Å². The maximum absolute atomic E-state index is 12.2. The molecule has 1 aromatic heterocycles. The lowest BCUT2D eigenvalue weighted by molar-refractivity contribution is -0.139. The van der Waals surface area contributed by atoms with Gasteiger partial charge in [-0.15, -0.1) is 0 Å². The summed E-state index contributed by atoms with van der Waals surface area (Å²) in [4.78, 5) is 27.6. The third-order valence-electron chi connectivity index (χ3n) is 2.99. The minimum absolute atomic E-state index is 0.193. The maximum Gasteiger partial charge on any atom is 0.316 e. The van der Waals surface area contributed by atoms with Gasteiger partial charge in [0.25, 0.3) is 5.91 Å². The molecule has 2 aromatic rings. The molecule has 24 heavy (non-hydrogen) atoms. The molecule has 0 aliphatic rings. The van der Waals surface area contributed by atoms with Gasteiger partial charge in [-0.1, -0.05) is 11.8 Å². The number of anilines is 1. The van der Waals surface area contributed by atoms with Gasteiger partial charge >= 0.3 is 5.97 Å². The molecule has 0 radical (unpaired) electrons. The van der Waals surface area contributed by atoms with Crippen molar-refractivity contribution in [3.8, 4) is 5.75 Å². The number of ether oxygens (including phenoxy) is 2. The van der Waals surface area contributed by atoms with Gasteiger partial charge in [-0.25, -0.2) is 4.98 Å². The number of carbonyl (C=O) groups is 2. The summed E-state index contributed by atoms with van der Waals surface area (Å²) in [5.74, 6) is 0.371. The van der Waals surface area contributed by atoms with E-state index in [-0.39, 0.29) is 17.6 Å². The van der Waals surface area contributed by atoms with E-state index in [1.54, 1.807) is 50.4 Å². The van der Waals surface area contributed by atoms with Crippen LogP contribution >= 0.6 is 11.8 Å². The standard InChI is InChI=1S/C17H18N2O4S/c1-3-23-16(20)11-24-15-9-4-12(10-18-15)17(21)19-13-5-7-14(22-2)8-6-13/h4-10H,3,11H2,1-2H3,(H,19,21). The minimum atomic E-state index is -0.286. The van der Waals surface area contributed by atoms with Crippen molar-refractivity contribution < 1.29 is 19.1 Å². The minimum Gasteiger partial charge on any atom is -0.497 e. The number of benzene rings is 1. The summed E-state index contributed by atoms with van der Waals surface area (Å²) in [6, 6.07) is 10.4. The number of pyridine rings is 1. The van der Waals surface area contributed by atoms with Crippen molar-refractivity contribution in [2.24, 2.45) is 0 Å². The van der Waals surface area contributed by atoms with E-state index in [1.807, 2.05) is 0 Å². The van der Waals surface area contributed by atoms with Crippen LogP contribution < -0.4 is 10.1 Å². The van der Waals surface area contributed by atoms with Crippen molar-refractivity contribution in [2.75, 3.05) is 24.8 Å². The zero-order valence-corrected chi connectivity index (χ0v) is 14.3. The Morgan fingerprint density at radius 1 is 1.17 bits per heavy atom. The molecule has 0 atom stereocenters. The molecule has 0 fully saturated rings. The van der Waals surface area contributed by atoms with E-state index in [9.17, 15) is 9.59 Å². The summed E-state index contributed by atoms with van der Waals surface area (Å²) >= 11 is 1.27. The van der Waals surface area contributed by atoms with Crippen LogP contribution in [0.25, 0.3) is 0 Å². The second-order valence-corrected chi connectivity index (χ2v) is 5.66. The Morgan fingerprint density at radius 2 is 1.92 bits per heavy atom. The largest absolute Gasteiger partial charge is 0.497 e. The number of hydrogen-bond donors (Lipinski definition) is 1. The van der Waals surface area contributed by atoms with Gasteiger partial charge in [-0.05, 0) is 43.3 Å². The molecule has 0 bridgehead atoms. The molecule has 0 aliphatic carbocycles. The lowest BCUT2D eigenvalue weighted by Gasteiger charge is -2.07. The zero-order chi connectivity index (χ0) is 17.4. The number of esters is 1. The lowest BCUT2D eigenvalue weighted by atomic mass is 10.2. The molecule has 1 amide bonds. The van der Waals surface area contributed by atoms with Crippen LogP contribution in [0.1, 0.15) is 17.3 Å². The molecule has 1 aromatic carbocycles. The second kappa shape index (κ2) is 8.93. The first-order valence-corrected chi connectivity index (χ1v) is 8.31. The van der Waals surface area contributed by atoms with Crippen LogP contribution in [0.2, 0.25) is 0 Å². The number of carbonyl (C=O) groups excluding carboxylic acids is 2. The van der Waals surface area contributed by atoms with Crippen molar-refractivity contribution >= 4 is 29.3 Å². The Hall–Kier alpha value is -2.54. The van der Waals surface area contributed by atoms with Gasteiger partial charge in [0, 0.05) is 11.9 Å². The van der Waals surface area contributed by atoms with Crippen molar-refractivity contribution in [3.63, 3.8) is 0 Å². The Balaban J connectivity index is 1.91. The quantitative estimate of drug-likeness (QED) is 0.613. The number of thioether (sulfide) groups is 1. The van der Waals surface area contributed by atoms with Crippen molar-refractivity contribution in [3.05, 3.63) is 48.2 Å². The predicted molar refractivity (Wildman–Crippen MR) is 92.5 cm³/mol. The molecular formula is C17H18N2O4S. The van der Waals surface area contributed by atoms with E-state index >= 15 is 0 Å². The van der Waals surface area contributed by atoms with Gasteiger partial charge in [0.1, 0.15) is 5.75 Å². The molecule has 7 heteroatoms. The zero-order valence-electron chi connectivity index (χ0n) is 13.4. The molecule has 0 aliphatic heterocycles. The maximum atomic E-state index is 12.2. The number of nitrogens with one attached hydrogen (secondary N) is 1. The van der Waals surface area contributed by atoms with E-state index < -0.39 is 0 Å². The summed E-state index contributed by atoms with van der Waals surface area (Å²) in [6.07, 6.45) is 1.48. The lowest BCUT2D eigenvalue weighted by Crippen LogP contribution is -2.12. The molecule has 6 nitrogen and oxygen atoms in total. The Labute approximate surface area is 144 Å². The summed E-state index contributed by atoms with van der Waals surface area (Å²) in [7, 11) is 1.58. The van der Waals surface area contributed by atoms with Crippen molar-refractivity contribution in [1.82, 2.24) is 4.98 Å².